The maximum absolute atomic E-state index is 13.2. The van der Waals surface area contributed by atoms with E-state index in [0.717, 1.165) is 49.3 Å². The Morgan fingerprint density at radius 1 is 0.639 bits per heavy atom. The molecular weight excluding hydrogens is 1260 g/mol. The van der Waals surface area contributed by atoms with Crippen LogP contribution in [0.15, 0.2) is 134 Å². The SMILES string of the molecule is COc1cc(/N=N/c2ccc(OOOCOOSCOS)cc2)c(NC(C)=O)cc1/N=N/c1c(N)c(/N=N/c2ccc(S(=O)(=O)CCOS(=O)(=O)O)cc2S(=O)(=O)O)c(N)c(/N=N/c2ccc(S(=O)(=O)CCOS(=O)(=O)O)cc2)c1C(=O)O. The Morgan fingerprint density at radius 2 is 1.16 bits per heavy atom. The number of azo groups is 4. The summed E-state index contributed by atoms with van der Waals surface area (Å²) in [5.74, 6) is -4.46. The van der Waals surface area contributed by atoms with Gasteiger partial charge in [-0.2, -0.15) is 49.6 Å². The number of aromatic carboxylic acids is 1. The van der Waals surface area contributed by atoms with Crippen LogP contribution in [0.4, 0.5) is 62.6 Å². The number of nitrogens with one attached hydrogen (secondary N) is 1. The van der Waals surface area contributed by atoms with Crippen molar-refractivity contribution in [1.29, 1.82) is 0 Å². The molecule has 83 heavy (non-hydrogen) atoms. The molecule has 36 nitrogen and oxygen atoms in total. The van der Waals surface area contributed by atoms with E-state index in [9.17, 15) is 61.3 Å². The van der Waals surface area contributed by atoms with Gasteiger partial charge in [-0.1, -0.05) is 0 Å². The lowest BCUT2D eigenvalue weighted by Gasteiger charge is -2.14. The van der Waals surface area contributed by atoms with Crippen molar-refractivity contribution in [3.8, 4) is 11.5 Å². The minimum Gasteiger partial charge on any atom is -0.494 e. The summed E-state index contributed by atoms with van der Waals surface area (Å²) in [6.07, 6.45) is 0. The highest BCUT2D eigenvalue weighted by atomic mass is 32.3. The van der Waals surface area contributed by atoms with Gasteiger partial charge in [-0.3, -0.25) is 18.5 Å². The van der Waals surface area contributed by atoms with Crippen molar-refractivity contribution in [3.63, 3.8) is 0 Å². The lowest BCUT2D eigenvalue weighted by molar-refractivity contribution is -0.502. The van der Waals surface area contributed by atoms with Crippen LogP contribution in [0.25, 0.3) is 0 Å². The number of benzene rings is 5. The third-order valence-corrected chi connectivity index (χ3v) is 15.5. The molecule has 5 aromatic carbocycles. The van der Waals surface area contributed by atoms with Gasteiger partial charge in [-0.05, 0) is 90.7 Å². The van der Waals surface area contributed by atoms with Crippen LogP contribution in [0.5, 0.6) is 11.5 Å². The van der Waals surface area contributed by atoms with Crippen molar-refractivity contribution < 1.29 is 112 Å². The van der Waals surface area contributed by atoms with E-state index in [1.54, 1.807) is 0 Å². The summed E-state index contributed by atoms with van der Waals surface area (Å²) in [5, 5.41) is 49.8. The highest BCUT2D eigenvalue weighted by Crippen LogP contribution is 2.50. The molecule has 0 aliphatic heterocycles. The van der Waals surface area contributed by atoms with Crippen molar-refractivity contribution in [3.05, 3.63) is 84.4 Å². The number of nitrogens with two attached hydrogens (primary N) is 2. The van der Waals surface area contributed by atoms with Gasteiger partial charge in [0, 0.05) is 13.0 Å². The van der Waals surface area contributed by atoms with Gasteiger partial charge in [0.05, 0.1) is 82.1 Å². The van der Waals surface area contributed by atoms with Crippen molar-refractivity contribution >= 4 is 150 Å². The lowest BCUT2D eigenvalue weighted by Crippen LogP contribution is -2.16. The zero-order valence-corrected chi connectivity index (χ0v) is 47.5. The number of carboxylic acid groups (broad SMARTS) is 1. The number of ether oxygens (including phenoxy) is 1. The molecule has 0 aromatic heterocycles. The molecule has 0 heterocycles. The van der Waals surface area contributed by atoms with Gasteiger partial charge in [-0.15, -0.1) is 30.7 Å². The van der Waals surface area contributed by atoms with E-state index in [1.165, 1.54) is 43.5 Å². The average molecular weight is 1300 g/mol. The number of hydrogen-bond acceptors (Lipinski definition) is 33. The smallest absolute Gasteiger partial charge is 0.397 e. The van der Waals surface area contributed by atoms with Crippen LogP contribution in [-0.4, -0.2) is 117 Å². The van der Waals surface area contributed by atoms with Crippen molar-refractivity contribution in [2.45, 2.75) is 21.6 Å². The predicted octanol–water partition coefficient (Wildman–Crippen LogP) is 7.23. The molecule has 0 atom stereocenters. The Hall–Kier alpha value is -7.31. The highest BCUT2D eigenvalue weighted by molar-refractivity contribution is 7.94. The van der Waals surface area contributed by atoms with Crippen LogP contribution in [-0.2, 0) is 87.1 Å². The second-order valence-electron chi connectivity index (χ2n) is 15.2. The number of hydrogen-bond donors (Lipinski definition) is 8. The summed E-state index contributed by atoms with van der Waals surface area (Å²) in [6.45, 7) is -1.41. The number of sulfone groups is 2. The van der Waals surface area contributed by atoms with Crippen LogP contribution in [0.1, 0.15) is 17.3 Å². The first-order chi connectivity index (χ1) is 38.9. The first kappa shape index (κ1) is 66.5. The molecule has 0 saturated carbocycles. The summed E-state index contributed by atoms with van der Waals surface area (Å²) >= 11 is 4.29. The molecule has 0 radical (unpaired) electrons. The third-order valence-electron chi connectivity index (χ3n) is 9.61. The van der Waals surface area contributed by atoms with Crippen molar-refractivity contribution in [2.75, 3.05) is 61.3 Å². The van der Waals surface area contributed by atoms with Gasteiger partial charge < -0.3 is 35.7 Å². The van der Waals surface area contributed by atoms with E-state index in [-0.39, 0.29) is 45.9 Å². The molecule has 0 unspecified atom stereocenters. The van der Waals surface area contributed by atoms with Crippen LogP contribution >= 0.6 is 25.0 Å². The van der Waals surface area contributed by atoms with Crippen LogP contribution < -0.4 is 26.4 Å². The molecule has 5 rings (SSSR count). The number of nitrogen functional groups attached to an aromatic ring is 2. The van der Waals surface area contributed by atoms with E-state index in [0.29, 0.717) is 12.1 Å². The Labute approximate surface area is 479 Å². The minimum absolute atomic E-state index is 0.0316. The summed E-state index contributed by atoms with van der Waals surface area (Å²) in [5.41, 5.74) is 6.88. The molecule has 5 aromatic rings. The largest absolute Gasteiger partial charge is 0.494 e. The Bertz CT molecular complexity index is 3910. The van der Waals surface area contributed by atoms with E-state index < -0.39 is 148 Å². The first-order valence-electron chi connectivity index (χ1n) is 21.7. The van der Waals surface area contributed by atoms with Crippen molar-refractivity contribution in [1.82, 2.24) is 0 Å². The van der Waals surface area contributed by atoms with E-state index >= 15 is 0 Å². The summed E-state index contributed by atoms with van der Waals surface area (Å²) in [4.78, 5) is 37.4. The van der Waals surface area contributed by atoms with Gasteiger partial charge in [0.2, 0.25) is 12.7 Å². The topological polar surface area (TPSA) is 532 Å². The fourth-order valence-corrected chi connectivity index (χ4v) is 10.1. The second kappa shape index (κ2) is 29.3. The number of methoxy groups -OCH3 is 1. The van der Waals surface area contributed by atoms with Crippen molar-refractivity contribution in [2.24, 2.45) is 40.9 Å². The molecule has 0 saturated heterocycles. The highest BCUT2D eigenvalue weighted by Gasteiger charge is 2.29. The molecule has 0 bridgehead atoms. The monoisotopic (exact) mass is 1300 g/mol. The average Bonchev–Trinajstić information content (AvgIpc) is 3.60. The standard InChI is InChI=1S/C40H41N11O25S7/c1-22(52)43-29-18-31(32(68-2)19-30(29)47-44-23-3-7-25(8-4-23)74-75-69-20-70-76-78-21-71-77)48-50-38-34(40(53)54)37(49-45-24-5-9-26(10-6-24)79(55,56)15-13-72-82(62,63)64)35(41)39(36(38)42)51-46-28-12-11-27(17-33(28)81(59,60)61)80(57,58)16-14-73-83(65,66)67/h3-12,17-19,77H,13-16,20-21,41-42H2,1-2H3,(H,43,52)(H,53,54)(H,59,60,61)(H,62,63,64)(H,65,66,67)/b47-44+,49-45+,50-48+,51-46+. The predicted molar refractivity (Wildman–Crippen MR) is 287 cm³/mol. The summed E-state index contributed by atoms with van der Waals surface area (Å²) in [6, 6.07) is 14.1. The zero-order valence-electron chi connectivity index (χ0n) is 41.7. The Balaban J connectivity index is 1.61. The van der Waals surface area contributed by atoms with Gasteiger partial charge in [-0.25, -0.2) is 30.0 Å². The zero-order chi connectivity index (χ0) is 61.3. The van der Waals surface area contributed by atoms with Crippen LogP contribution in [0.3, 0.4) is 0 Å². The number of amides is 1. The molecule has 0 aliphatic rings. The number of nitrogens with zero attached hydrogens (tertiary/aromatic N) is 8. The number of anilines is 3. The van der Waals surface area contributed by atoms with E-state index in [1.807, 2.05) is 0 Å². The van der Waals surface area contributed by atoms with Gasteiger partial charge in [0.25, 0.3) is 10.1 Å². The van der Waals surface area contributed by atoms with E-state index in [2.05, 4.69) is 90.8 Å². The second-order valence-corrected chi connectivity index (χ2v) is 23.9. The lowest BCUT2D eigenvalue weighted by atomic mass is 10.1. The maximum atomic E-state index is 13.2. The molecule has 0 spiro atoms. The molecular formula is C40H41N11O25S7. The van der Waals surface area contributed by atoms with E-state index in [4.69, 9.17) is 30.2 Å². The van der Waals surface area contributed by atoms with Gasteiger partial charge in [0.15, 0.2) is 25.4 Å². The quantitative estimate of drug-likeness (QED) is 0.00250. The fraction of sp³-hybridized carbons (Fsp3) is 0.200. The van der Waals surface area contributed by atoms with Crippen LogP contribution in [0, 0.1) is 0 Å². The molecule has 1 amide bonds. The molecule has 0 aliphatic carbocycles. The Morgan fingerprint density at radius 3 is 1.70 bits per heavy atom. The summed E-state index contributed by atoms with van der Waals surface area (Å²) < 4.78 is 171. The molecule has 0 fully saturated rings. The molecule has 43 heteroatoms. The van der Waals surface area contributed by atoms with Gasteiger partial charge in [0.1, 0.15) is 56.3 Å². The molecule has 9 N–H and O–H groups in total. The minimum atomic E-state index is -5.41. The normalized spacial score (nSPS) is 12.7. The summed E-state index contributed by atoms with van der Waals surface area (Å²) in [7, 11) is -23.1. The third kappa shape index (κ3) is 20.2. The molecule has 448 valence electrons. The number of rotatable bonds is 31. The fourth-order valence-electron chi connectivity index (χ4n) is 6.06. The number of carbonyl (C=O) groups is 2. The Kier molecular flexibility index (Phi) is 23.5. The maximum Gasteiger partial charge on any atom is 0.397 e. The first-order valence-corrected chi connectivity index (χ1v) is 30.5. The van der Waals surface area contributed by atoms with Crippen LogP contribution in [0.2, 0.25) is 0 Å². The van der Waals surface area contributed by atoms with Gasteiger partial charge >= 0.3 is 26.8 Å². The number of thiol groups is 1. The number of carboxylic acids is 1. The number of carbonyl (C=O) groups excluding carboxylic acids is 1.